The number of hydrogen-bond donors (Lipinski definition) is 4. The van der Waals surface area contributed by atoms with Crippen LogP contribution in [0.25, 0.3) is 0 Å². The number of rotatable bonds is 10. The minimum absolute atomic E-state index is 0.114. The lowest BCUT2D eigenvalue weighted by Crippen LogP contribution is -2.55. The summed E-state index contributed by atoms with van der Waals surface area (Å²) in [6.45, 7) is 8.04. The molecule has 3 atom stereocenters. The number of hydrogen-bond acceptors (Lipinski definition) is 8. The number of anilines is 1. The molecule has 1 unspecified atom stereocenters. The molecule has 0 aliphatic carbocycles. The van der Waals surface area contributed by atoms with Gasteiger partial charge in [0.15, 0.2) is 0 Å². The van der Waals surface area contributed by atoms with E-state index in [1.54, 1.807) is 4.90 Å². The fourth-order valence-electron chi connectivity index (χ4n) is 7.50. The van der Waals surface area contributed by atoms with Crippen molar-refractivity contribution in [1.29, 1.82) is 0 Å². The van der Waals surface area contributed by atoms with Crippen LogP contribution in [0.4, 0.5) is 5.69 Å². The van der Waals surface area contributed by atoms with Gasteiger partial charge in [-0.2, -0.15) is 0 Å². The minimum Gasteiger partial charge on any atom is -0.494 e. The van der Waals surface area contributed by atoms with Gasteiger partial charge in [-0.05, 0) is 91.5 Å². The zero-order chi connectivity index (χ0) is 38.4. The summed E-state index contributed by atoms with van der Waals surface area (Å²) in [7, 11) is 0. The average Bonchev–Trinajstić information content (AvgIpc) is 3.21. The molecule has 12 heteroatoms. The summed E-state index contributed by atoms with van der Waals surface area (Å²) >= 11 is 0. The molecule has 6 rings (SSSR count). The third-order valence-electron chi connectivity index (χ3n) is 10.8. The maximum atomic E-state index is 14.1. The number of amides is 4. The number of carbonyl (C=O) groups is 4. The summed E-state index contributed by atoms with van der Waals surface area (Å²) in [4.78, 5) is 59.1. The first kappa shape index (κ1) is 39.7. The molecule has 12 nitrogen and oxygen atoms in total. The van der Waals surface area contributed by atoms with Gasteiger partial charge in [0.2, 0.25) is 23.6 Å². The van der Waals surface area contributed by atoms with E-state index in [1.165, 1.54) is 0 Å². The molecular formula is C43H56N6O6. The second-order valence-electron chi connectivity index (χ2n) is 14.9. The molecule has 0 radical (unpaired) electrons. The molecule has 0 spiro atoms. The molecule has 0 aromatic heterocycles. The Hall–Kier alpha value is -4.94. The average molecular weight is 753 g/mol. The minimum atomic E-state index is -1.14. The lowest BCUT2D eigenvalue weighted by molar-refractivity contribution is -0.138. The van der Waals surface area contributed by atoms with Gasteiger partial charge in [0, 0.05) is 57.9 Å². The van der Waals surface area contributed by atoms with E-state index in [0.29, 0.717) is 58.8 Å². The van der Waals surface area contributed by atoms with Crippen molar-refractivity contribution in [2.75, 3.05) is 57.4 Å². The largest absolute Gasteiger partial charge is 0.494 e. The van der Waals surface area contributed by atoms with Crippen molar-refractivity contribution in [3.63, 3.8) is 0 Å². The predicted octanol–water partition coefficient (Wildman–Crippen LogP) is 3.64. The Morgan fingerprint density at radius 3 is 2.53 bits per heavy atom. The van der Waals surface area contributed by atoms with Crippen molar-refractivity contribution in [2.24, 2.45) is 5.92 Å². The number of morpholine rings is 1. The maximum Gasteiger partial charge on any atom is 0.243 e. The van der Waals surface area contributed by atoms with Crippen molar-refractivity contribution in [2.45, 2.75) is 77.0 Å². The van der Waals surface area contributed by atoms with Gasteiger partial charge in [-0.25, -0.2) is 0 Å². The summed E-state index contributed by atoms with van der Waals surface area (Å²) in [5.41, 5.74) is 5.23. The Balaban J connectivity index is 1.14. The molecular weight excluding hydrogens is 697 g/mol. The van der Waals surface area contributed by atoms with Crippen molar-refractivity contribution < 1.29 is 28.7 Å². The van der Waals surface area contributed by atoms with Crippen LogP contribution in [0, 0.1) is 12.8 Å². The highest BCUT2D eigenvalue weighted by Crippen LogP contribution is 2.23. The Morgan fingerprint density at radius 1 is 0.873 bits per heavy atom. The van der Waals surface area contributed by atoms with Gasteiger partial charge in [0.25, 0.3) is 0 Å². The molecule has 3 aromatic carbocycles. The summed E-state index contributed by atoms with van der Waals surface area (Å²) in [5.74, 6) is -0.429. The van der Waals surface area contributed by atoms with Crippen LogP contribution in [0.2, 0.25) is 0 Å². The van der Waals surface area contributed by atoms with E-state index in [2.05, 4.69) is 44.4 Å². The summed E-state index contributed by atoms with van der Waals surface area (Å²) in [5, 5.41) is 12.2. The number of benzene rings is 3. The van der Waals surface area contributed by atoms with Gasteiger partial charge < -0.3 is 40.5 Å². The highest BCUT2D eigenvalue weighted by molar-refractivity contribution is 5.95. The summed E-state index contributed by atoms with van der Waals surface area (Å²) in [6.07, 6.45) is 3.45. The van der Waals surface area contributed by atoms with E-state index in [0.717, 1.165) is 66.0 Å². The zero-order valence-corrected chi connectivity index (χ0v) is 32.0. The normalized spacial score (nSPS) is 21.4. The topological polar surface area (TPSA) is 141 Å². The third-order valence-corrected chi connectivity index (χ3v) is 10.8. The molecule has 4 N–H and O–H groups in total. The molecule has 0 saturated carbocycles. The molecule has 2 saturated heterocycles. The number of fused-ring (bicyclic) bond motifs is 4. The highest BCUT2D eigenvalue weighted by Gasteiger charge is 2.32. The van der Waals surface area contributed by atoms with Crippen LogP contribution in [0.15, 0.2) is 72.8 Å². The quantitative estimate of drug-likeness (QED) is 0.230. The van der Waals surface area contributed by atoms with E-state index in [-0.39, 0.29) is 43.0 Å². The van der Waals surface area contributed by atoms with Crippen LogP contribution in [0.1, 0.15) is 60.8 Å². The monoisotopic (exact) mass is 752 g/mol. The number of carbonyl (C=O) groups excluding carboxylic acids is 4. The van der Waals surface area contributed by atoms with Crippen molar-refractivity contribution >= 4 is 29.3 Å². The van der Waals surface area contributed by atoms with E-state index in [9.17, 15) is 19.2 Å². The molecule has 4 bridgehead atoms. The van der Waals surface area contributed by atoms with Gasteiger partial charge in [-0.1, -0.05) is 48.5 Å². The number of piperidine rings is 1. The lowest BCUT2D eigenvalue weighted by Gasteiger charge is -2.34. The molecule has 3 aliphatic rings. The van der Waals surface area contributed by atoms with Crippen LogP contribution in [-0.2, 0) is 43.4 Å². The molecule has 55 heavy (non-hydrogen) atoms. The Morgan fingerprint density at radius 2 is 1.69 bits per heavy atom. The van der Waals surface area contributed by atoms with Gasteiger partial charge in [-0.15, -0.1) is 0 Å². The number of aryl methyl sites for hydroxylation is 2. The number of ether oxygens (including phenoxy) is 2. The molecule has 3 heterocycles. The van der Waals surface area contributed by atoms with Gasteiger partial charge >= 0.3 is 0 Å². The summed E-state index contributed by atoms with van der Waals surface area (Å²) < 4.78 is 11.6. The van der Waals surface area contributed by atoms with Gasteiger partial charge in [0.05, 0.1) is 26.2 Å². The second-order valence-corrected chi connectivity index (χ2v) is 14.9. The third kappa shape index (κ3) is 12.0. The molecule has 3 aromatic rings. The summed E-state index contributed by atoms with van der Waals surface area (Å²) in [6, 6.07) is 22.0. The molecule has 294 valence electrons. The molecule has 4 amide bonds. The molecule has 2 fully saturated rings. The Labute approximate surface area is 324 Å². The van der Waals surface area contributed by atoms with Gasteiger partial charge in [0.1, 0.15) is 17.8 Å². The first-order valence-corrected chi connectivity index (χ1v) is 19.8. The van der Waals surface area contributed by atoms with E-state index in [1.807, 2.05) is 61.5 Å². The first-order valence-electron chi connectivity index (χ1n) is 19.8. The van der Waals surface area contributed by atoms with Crippen molar-refractivity contribution in [3.8, 4) is 5.75 Å². The lowest BCUT2D eigenvalue weighted by atomic mass is 9.94. The highest BCUT2D eigenvalue weighted by atomic mass is 16.5. The van der Waals surface area contributed by atoms with Crippen LogP contribution in [-0.4, -0.2) is 93.2 Å². The van der Waals surface area contributed by atoms with E-state index < -0.39 is 18.0 Å². The van der Waals surface area contributed by atoms with E-state index >= 15 is 0 Å². The number of nitrogens with zero attached hydrogens (tertiary/aromatic N) is 2. The van der Waals surface area contributed by atoms with Crippen molar-refractivity contribution in [3.05, 3.63) is 95.1 Å². The zero-order valence-electron chi connectivity index (χ0n) is 32.0. The van der Waals surface area contributed by atoms with Crippen LogP contribution >= 0.6 is 0 Å². The second kappa shape index (κ2) is 20.1. The van der Waals surface area contributed by atoms with Crippen LogP contribution in [0.3, 0.4) is 0 Å². The SMILES string of the molecule is Cc1ccc2cc1CNC(=O)[C@H](CCc1ccccc1)NC(=O)[C@@H](NC(=O)CCNCc1cccc(N3CCOCC3)c1)CC(=O)N1CCCC(CCO2)C1. The standard InChI is InChI=1S/C43H56N6O6/c1-31-12-14-37-26-35(31)29-45-42(52)38(15-13-32-7-3-2-4-8-32)47-43(53)39(27-41(51)49-19-6-10-33(30-49)17-22-55-37)46-40(50)16-18-44-28-34-9-5-11-36(25-34)48-20-23-54-24-21-48/h2-5,7-9,11-12,14,25-26,33,38-39,44H,6,10,13,15-24,27-30H2,1H3,(H,45,52)(H,46,50)(H,47,53)/t33?,38-,39-/m0/s1. The number of nitrogens with one attached hydrogen (secondary N) is 4. The maximum absolute atomic E-state index is 14.1. The Kier molecular flexibility index (Phi) is 14.5. The van der Waals surface area contributed by atoms with Crippen LogP contribution in [0.5, 0.6) is 5.75 Å². The smallest absolute Gasteiger partial charge is 0.243 e. The fraction of sp³-hybridized carbons (Fsp3) is 0.488. The van der Waals surface area contributed by atoms with Crippen molar-refractivity contribution in [1.82, 2.24) is 26.2 Å². The fourth-order valence-corrected chi connectivity index (χ4v) is 7.50. The van der Waals surface area contributed by atoms with Gasteiger partial charge in [-0.3, -0.25) is 19.2 Å². The first-order chi connectivity index (χ1) is 26.8. The Bertz CT molecular complexity index is 1750. The molecule has 3 aliphatic heterocycles. The predicted molar refractivity (Wildman–Crippen MR) is 211 cm³/mol. The van der Waals surface area contributed by atoms with Crippen LogP contribution < -0.4 is 30.9 Å². The van der Waals surface area contributed by atoms with E-state index in [4.69, 9.17) is 9.47 Å².